The summed E-state index contributed by atoms with van der Waals surface area (Å²) in [7, 11) is 0. The summed E-state index contributed by atoms with van der Waals surface area (Å²) >= 11 is 0. The molecule has 1 heterocycles. The van der Waals surface area contributed by atoms with Crippen LogP contribution < -0.4 is 15.4 Å². The topological polar surface area (TPSA) is 63.2 Å². The molecule has 0 aliphatic carbocycles. The lowest BCUT2D eigenvalue weighted by Crippen LogP contribution is -2.31. The van der Waals surface area contributed by atoms with Gasteiger partial charge in [0, 0.05) is 17.9 Å². The number of nitrogens with one attached hydrogen (secondary N) is 2. The quantitative estimate of drug-likeness (QED) is 0.611. The van der Waals surface area contributed by atoms with E-state index in [1.165, 1.54) is 0 Å². The number of pyridine rings is 1. The van der Waals surface area contributed by atoms with Gasteiger partial charge in [0.15, 0.2) is 0 Å². The van der Waals surface area contributed by atoms with Crippen LogP contribution >= 0.6 is 0 Å². The van der Waals surface area contributed by atoms with Gasteiger partial charge in [-0.3, -0.25) is 4.79 Å². The van der Waals surface area contributed by atoms with Gasteiger partial charge in [0.05, 0.1) is 5.56 Å². The van der Waals surface area contributed by atoms with Crippen LogP contribution in [0, 0.1) is 0 Å². The number of nitrogens with zero attached hydrogens (tertiary/aromatic N) is 1. The van der Waals surface area contributed by atoms with Crippen molar-refractivity contribution in [2.45, 2.75) is 26.3 Å². The van der Waals surface area contributed by atoms with E-state index in [1.54, 1.807) is 18.3 Å². The highest BCUT2D eigenvalue weighted by Crippen LogP contribution is 2.23. The molecule has 138 valence electrons. The molecule has 2 aromatic carbocycles. The average Bonchev–Trinajstić information content (AvgIpc) is 2.70. The lowest BCUT2D eigenvalue weighted by molar-refractivity contribution is 0.0939. The van der Waals surface area contributed by atoms with Crippen molar-refractivity contribution in [3.8, 4) is 11.5 Å². The minimum absolute atomic E-state index is 0.106. The van der Waals surface area contributed by atoms with Gasteiger partial charge in [0.1, 0.15) is 17.3 Å². The molecule has 0 fully saturated rings. The number of carbonyl (C=O) groups excluding carboxylic acids is 1. The molecule has 0 aliphatic rings. The van der Waals surface area contributed by atoms with E-state index in [0.29, 0.717) is 11.4 Å². The Morgan fingerprint density at radius 3 is 2.33 bits per heavy atom. The molecule has 5 heteroatoms. The van der Waals surface area contributed by atoms with Gasteiger partial charge in [-0.05, 0) is 61.9 Å². The summed E-state index contributed by atoms with van der Waals surface area (Å²) in [4.78, 5) is 16.4. The smallest absolute Gasteiger partial charge is 0.253 e. The Labute approximate surface area is 159 Å². The predicted octanol–water partition coefficient (Wildman–Crippen LogP) is 5.15. The summed E-state index contributed by atoms with van der Waals surface area (Å²) in [5.41, 5.74) is 1.44. The third-order valence-electron chi connectivity index (χ3n) is 4.12. The van der Waals surface area contributed by atoms with Gasteiger partial charge in [-0.2, -0.15) is 0 Å². The first-order valence-corrected chi connectivity index (χ1v) is 9.01. The number of ether oxygens (including phenoxy) is 1. The Morgan fingerprint density at radius 2 is 1.70 bits per heavy atom. The summed E-state index contributed by atoms with van der Waals surface area (Å²) < 4.78 is 5.78. The first kappa shape index (κ1) is 18.5. The monoisotopic (exact) mass is 361 g/mol. The zero-order valence-electron chi connectivity index (χ0n) is 15.5. The fraction of sp³-hybridized carbons (Fsp3) is 0.182. The largest absolute Gasteiger partial charge is 0.457 e. The molecule has 5 nitrogen and oxygen atoms in total. The van der Waals surface area contributed by atoms with Crippen LogP contribution in [-0.2, 0) is 0 Å². The number of benzene rings is 2. The van der Waals surface area contributed by atoms with Crippen LogP contribution in [0.4, 0.5) is 11.5 Å². The van der Waals surface area contributed by atoms with E-state index in [1.807, 2.05) is 68.4 Å². The highest BCUT2D eigenvalue weighted by molar-refractivity contribution is 5.94. The highest BCUT2D eigenvalue weighted by atomic mass is 16.5. The number of hydrogen-bond donors (Lipinski definition) is 2. The maximum atomic E-state index is 12.1. The summed E-state index contributed by atoms with van der Waals surface area (Å²) in [6.07, 6.45) is 2.47. The van der Waals surface area contributed by atoms with E-state index in [4.69, 9.17) is 4.74 Å². The van der Waals surface area contributed by atoms with Crippen molar-refractivity contribution in [1.29, 1.82) is 0 Å². The fourth-order valence-corrected chi connectivity index (χ4v) is 2.39. The number of hydrogen-bond acceptors (Lipinski definition) is 4. The van der Waals surface area contributed by atoms with Crippen molar-refractivity contribution in [2.24, 2.45) is 0 Å². The predicted molar refractivity (Wildman–Crippen MR) is 108 cm³/mol. The van der Waals surface area contributed by atoms with Crippen LogP contribution in [0.25, 0.3) is 0 Å². The number of carbonyl (C=O) groups is 1. The van der Waals surface area contributed by atoms with Gasteiger partial charge in [0.25, 0.3) is 5.91 Å². The lowest BCUT2D eigenvalue weighted by Gasteiger charge is -2.12. The van der Waals surface area contributed by atoms with Crippen molar-refractivity contribution in [3.05, 3.63) is 78.5 Å². The minimum atomic E-state index is -0.106. The third-order valence-corrected chi connectivity index (χ3v) is 4.12. The highest BCUT2D eigenvalue weighted by Gasteiger charge is 2.09. The van der Waals surface area contributed by atoms with E-state index in [2.05, 4.69) is 15.6 Å². The van der Waals surface area contributed by atoms with Gasteiger partial charge in [-0.25, -0.2) is 4.98 Å². The van der Waals surface area contributed by atoms with Crippen molar-refractivity contribution in [3.63, 3.8) is 0 Å². The van der Waals surface area contributed by atoms with Gasteiger partial charge in [0.2, 0.25) is 0 Å². The van der Waals surface area contributed by atoms with Crippen LogP contribution in [0.3, 0.4) is 0 Å². The second-order valence-electron chi connectivity index (χ2n) is 6.28. The fourth-order valence-electron chi connectivity index (χ4n) is 2.39. The van der Waals surface area contributed by atoms with E-state index >= 15 is 0 Å². The van der Waals surface area contributed by atoms with E-state index < -0.39 is 0 Å². The number of aromatic nitrogens is 1. The van der Waals surface area contributed by atoms with Crippen LogP contribution in [0.15, 0.2) is 72.9 Å². The first-order valence-electron chi connectivity index (χ1n) is 9.01. The van der Waals surface area contributed by atoms with Crippen LogP contribution in [0.5, 0.6) is 11.5 Å². The van der Waals surface area contributed by atoms with Crippen molar-refractivity contribution < 1.29 is 9.53 Å². The molecule has 0 saturated heterocycles. The Balaban J connectivity index is 1.59. The molecule has 0 radical (unpaired) electrons. The molecule has 2 N–H and O–H groups in total. The van der Waals surface area contributed by atoms with Crippen molar-refractivity contribution in [2.75, 3.05) is 5.32 Å². The Kier molecular flexibility index (Phi) is 6.05. The normalized spacial score (nSPS) is 11.5. The Morgan fingerprint density at radius 1 is 1.00 bits per heavy atom. The molecule has 1 atom stereocenters. The summed E-state index contributed by atoms with van der Waals surface area (Å²) in [6, 6.07) is 21.0. The summed E-state index contributed by atoms with van der Waals surface area (Å²) in [5, 5.41) is 6.14. The zero-order chi connectivity index (χ0) is 19.1. The maximum absolute atomic E-state index is 12.1. The number of para-hydroxylation sites is 1. The van der Waals surface area contributed by atoms with Crippen LogP contribution in [-0.4, -0.2) is 16.9 Å². The van der Waals surface area contributed by atoms with E-state index in [0.717, 1.165) is 23.6 Å². The van der Waals surface area contributed by atoms with E-state index in [-0.39, 0.29) is 11.9 Å². The first-order chi connectivity index (χ1) is 13.1. The minimum Gasteiger partial charge on any atom is -0.457 e. The molecule has 1 unspecified atom stereocenters. The van der Waals surface area contributed by atoms with Crippen LogP contribution in [0.2, 0.25) is 0 Å². The van der Waals surface area contributed by atoms with Gasteiger partial charge >= 0.3 is 0 Å². The second kappa shape index (κ2) is 8.85. The lowest BCUT2D eigenvalue weighted by atomic mass is 10.2. The standard InChI is InChI=1S/C22H23N3O2/c1-3-16(2)24-22(26)17-9-14-21(23-15-17)25-18-10-12-20(13-11-18)27-19-7-5-4-6-8-19/h4-16H,3H2,1-2H3,(H,23,25)(H,24,26). The maximum Gasteiger partial charge on any atom is 0.253 e. The molecule has 1 amide bonds. The molecule has 0 aliphatic heterocycles. The van der Waals surface area contributed by atoms with Crippen LogP contribution in [0.1, 0.15) is 30.6 Å². The van der Waals surface area contributed by atoms with Crippen molar-refractivity contribution >= 4 is 17.4 Å². The molecule has 3 rings (SSSR count). The van der Waals surface area contributed by atoms with E-state index in [9.17, 15) is 4.79 Å². The molecule has 0 saturated carbocycles. The third kappa shape index (κ3) is 5.31. The molecule has 3 aromatic rings. The Hall–Kier alpha value is -3.34. The van der Waals surface area contributed by atoms with Gasteiger partial charge < -0.3 is 15.4 Å². The summed E-state index contributed by atoms with van der Waals surface area (Å²) in [5.74, 6) is 2.13. The number of rotatable bonds is 7. The molecule has 0 bridgehead atoms. The zero-order valence-corrected chi connectivity index (χ0v) is 15.5. The second-order valence-corrected chi connectivity index (χ2v) is 6.28. The molecular formula is C22H23N3O2. The number of anilines is 2. The Bertz CT molecular complexity index is 862. The molecule has 0 spiro atoms. The van der Waals surface area contributed by atoms with Crippen molar-refractivity contribution in [1.82, 2.24) is 10.3 Å². The molecular weight excluding hydrogens is 338 g/mol. The number of amides is 1. The SMILES string of the molecule is CCC(C)NC(=O)c1ccc(Nc2ccc(Oc3ccccc3)cc2)nc1. The average molecular weight is 361 g/mol. The summed E-state index contributed by atoms with van der Waals surface area (Å²) in [6.45, 7) is 4.01. The molecule has 27 heavy (non-hydrogen) atoms. The van der Waals surface area contributed by atoms with Gasteiger partial charge in [-0.1, -0.05) is 25.1 Å². The molecule has 1 aromatic heterocycles. The van der Waals surface area contributed by atoms with Gasteiger partial charge in [-0.15, -0.1) is 0 Å².